The van der Waals surface area contributed by atoms with Crippen LogP contribution in [0.3, 0.4) is 0 Å². The summed E-state index contributed by atoms with van der Waals surface area (Å²) >= 11 is 0. The van der Waals surface area contributed by atoms with Gasteiger partial charge in [-0.3, -0.25) is 4.79 Å². The molecule has 37 heavy (non-hydrogen) atoms. The van der Waals surface area contributed by atoms with Crippen LogP contribution in [0.15, 0.2) is 45.8 Å². The maximum Gasteiger partial charge on any atom is 0.248 e. The van der Waals surface area contributed by atoms with Gasteiger partial charge < -0.3 is 9.42 Å². The van der Waals surface area contributed by atoms with E-state index in [0.717, 1.165) is 28.8 Å². The predicted octanol–water partition coefficient (Wildman–Crippen LogP) is 5.07. The van der Waals surface area contributed by atoms with E-state index in [2.05, 4.69) is 30.3 Å². The van der Waals surface area contributed by atoms with Crippen molar-refractivity contribution in [1.82, 2.24) is 9.46 Å². The third-order valence-corrected chi connectivity index (χ3v) is 9.58. The lowest BCUT2D eigenvalue weighted by Crippen LogP contribution is -2.44. The maximum absolute atomic E-state index is 13.7. The largest absolute Gasteiger partial charge is 0.355 e. The molecule has 3 heterocycles. The van der Waals surface area contributed by atoms with Crippen molar-refractivity contribution in [1.29, 1.82) is 0 Å². The molecular formula is C29H33N3O4S. The number of fused-ring (bicyclic) bond motifs is 1. The second-order valence-electron chi connectivity index (χ2n) is 10.2. The van der Waals surface area contributed by atoms with Crippen LogP contribution in [0.4, 0.5) is 5.69 Å². The van der Waals surface area contributed by atoms with Gasteiger partial charge in [0.2, 0.25) is 15.9 Å². The standard InChI is InChI=1S/C29H33N3O4S/c1-19-17-20(2)25(21(3)18-19)9-10-27-28(22(4)30-36-27)37(34,35)31-14-11-24(12-15-31)29(33)32-16-13-23-7-5-6-8-26(23)32/h5-10,17-18,24H,11-16H2,1-4H3/b10-9+. The lowest BCUT2D eigenvalue weighted by atomic mass is 9.96. The Labute approximate surface area is 218 Å². The van der Waals surface area contributed by atoms with E-state index in [4.69, 9.17) is 4.52 Å². The number of piperidine rings is 1. The van der Waals surface area contributed by atoms with Crippen molar-refractivity contribution in [2.24, 2.45) is 5.92 Å². The van der Waals surface area contributed by atoms with Gasteiger partial charge in [0.1, 0.15) is 5.69 Å². The normalized spacial score (nSPS) is 17.0. The molecule has 2 aliphatic rings. The number of aromatic nitrogens is 1. The number of anilines is 1. The van der Waals surface area contributed by atoms with Gasteiger partial charge in [0.25, 0.3) is 0 Å². The zero-order valence-electron chi connectivity index (χ0n) is 21.8. The van der Waals surface area contributed by atoms with E-state index >= 15 is 0 Å². The highest BCUT2D eigenvalue weighted by Crippen LogP contribution is 2.33. The van der Waals surface area contributed by atoms with E-state index in [0.29, 0.717) is 25.1 Å². The van der Waals surface area contributed by atoms with Gasteiger partial charge in [0, 0.05) is 31.2 Å². The minimum atomic E-state index is -3.83. The zero-order valence-corrected chi connectivity index (χ0v) is 22.6. The molecule has 1 aromatic heterocycles. The third-order valence-electron chi connectivity index (χ3n) is 7.53. The average Bonchev–Trinajstić information content (AvgIpc) is 3.47. The fourth-order valence-electron chi connectivity index (χ4n) is 5.67. The van der Waals surface area contributed by atoms with E-state index in [9.17, 15) is 13.2 Å². The van der Waals surface area contributed by atoms with Crippen molar-refractivity contribution in [3.63, 3.8) is 0 Å². The Balaban J connectivity index is 1.32. The molecule has 1 fully saturated rings. The number of aryl methyl sites for hydroxylation is 4. The van der Waals surface area contributed by atoms with Crippen LogP contribution in [0.25, 0.3) is 12.2 Å². The Hall–Kier alpha value is -3.23. The second-order valence-corrected chi connectivity index (χ2v) is 12.0. The second kappa shape index (κ2) is 9.91. The van der Waals surface area contributed by atoms with Gasteiger partial charge in [-0.15, -0.1) is 0 Å². The van der Waals surface area contributed by atoms with Crippen molar-refractivity contribution < 1.29 is 17.7 Å². The Kier molecular flexibility index (Phi) is 6.81. The number of sulfonamides is 1. The van der Waals surface area contributed by atoms with E-state index in [1.165, 1.54) is 15.4 Å². The van der Waals surface area contributed by atoms with Crippen molar-refractivity contribution in [3.05, 3.63) is 75.7 Å². The molecule has 3 aromatic rings. The number of carbonyl (C=O) groups excluding carboxylic acids is 1. The first-order valence-corrected chi connectivity index (χ1v) is 14.2. The molecule has 0 atom stereocenters. The van der Waals surface area contributed by atoms with Crippen LogP contribution in [-0.4, -0.2) is 43.4 Å². The molecule has 0 radical (unpaired) electrons. The van der Waals surface area contributed by atoms with Crippen LogP contribution in [0, 0.1) is 33.6 Å². The lowest BCUT2D eigenvalue weighted by Gasteiger charge is -2.32. The summed E-state index contributed by atoms with van der Waals surface area (Å²) in [6, 6.07) is 12.2. The number of para-hydroxylation sites is 1. The van der Waals surface area contributed by atoms with Crippen LogP contribution in [0.2, 0.25) is 0 Å². The molecule has 194 valence electrons. The summed E-state index contributed by atoms with van der Waals surface area (Å²) in [5.41, 5.74) is 6.95. The van der Waals surface area contributed by atoms with Gasteiger partial charge >= 0.3 is 0 Å². The number of benzene rings is 2. The monoisotopic (exact) mass is 519 g/mol. The molecule has 7 nitrogen and oxygen atoms in total. The Bertz CT molecular complexity index is 1460. The van der Waals surface area contributed by atoms with Gasteiger partial charge in [-0.25, -0.2) is 8.42 Å². The molecule has 2 aliphatic heterocycles. The van der Waals surface area contributed by atoms with E-state index in [-0.39, 0.29) is 35.6 Å². The highest BCUT2D eigenvalue weighted by molar-refractivity contribution is 7.89. The molecular weight excluding hydrogens is 486 g/mol. The Morgan fingerprint density at radius 1 is 1.00 bits per heavy atom. The zero-order chi connectivity index (χ0) is 26.3. The first-order chi connectivity index (χ1) is 17.7. The summed E-state index contributed by atoms with van der Waals surface area (Å²) in [4.78, 5) is 15.2. The minimum Gasteiger partial charge on any atom is -0.355 e. The molecule has 5 rings (SSSR count). The van der Waals surface area contributed by atoms with Gasteiger partial charge in [0.15, 0.2) is 10.7 Å². The molecule has 0 aliphatic carbocycles. The topological polar surface area (TPSA) is 83.7 Å². The molecule has 8 heteroatoms. The lowest BCUT2D eigenvalue weighted by molar-refractivity contribution is -0.123. The van der Waals surface area contributed by atoms with E-state index < -0.39 is 10.0 Å². The molecule has 1 saturated heterocycles. The highest BCUT2D eigenvalue weighted by Gasteiger charge is 2.38. The number of carbonyl (C=O) groups is 1. The number of amides is 1. The average molecular weight is 520 g/mol. The van der Waals surface area contributed by atoms with Crippen LogP contribution >= 0.6 is 0 Å². The van der Waals surface area contributed by atoms with Gasteiger partial charge in [-0.2, -0.15) is 4.31 Å². The van der Waals surface area contributed by atoms with Crippen LogP contribution < -0.4 is 4.90 Å². The predicted molar refractivity (Wildman–Crippen MR) is 145 cm³/mol. The Morgan fingerprint density at radius 3 is 2.38 bits per heavy atom. The molecule has 0 saturated carbocycles. The van der Waals surface area contributed by atoms with Crippen molar-refractivity contribution in [2.75, 3.05) is 24.5 Å². The van der Waals surface area contributed by atoms with E-state index in [1.54, 1.807) is 13.0 Å². The molecule has 0 spiro atoms. The fraction of sp³-hybridized carbons (Fsp3) is 0.379. The molecule has 1 amide bonds. The Morgan fingerprint density at radius 2 is 1.68 bits per heavy atom. The van der Waals surface area contributed by atoms with Crippen LogP contribution in [-0.2, 0) is 21.2 Å². The summed E-state index contributed by atoms with van der Waals surface area (Å²) in [6.07, 6.45) is 5.43. The maximum atomic E-state index is 13.7. The van der Waals surface area contributed by atoms with Gasteiger partial charge in [-0.05, 0) is 81.4 Å². The first kappa shape index (κ1) is 25.4. The molecule has 2 aromatic carbocycles. The van der Waals surface area contributed by atoms with Crippen LogP contribution in [0.5, 0.6) is 0 Å². The smallest absolute Gasteiger partial charge is 0.248 e. The number of nitrogens with zero attached hydrogens (tertiary/aromatic N) is 3. The number of hydrogen-bond donors (Lipinski definition) is 0. The summed E-state index contributed by atoms with van der Waals surface area (Å²) in [5, 5.41) is 3.97. The summed E-state index contributed by atoms with van der Waals surface area (Å²) in [5.74, 6) is 0.132. The van der Waals surface area contributed by atoms with Crippen molar-refractivity contribution in [2.45, 2.75) is 51.9 Å². The summed E-state index contributed by atoms with van der Waals surface area (Å²) < 4.78 is 34.3. The van der Waals surface area contributed by atoms with E-state index in [1.807, 2.05) is 43.0 Å². The van der Waals surface area contributed by atoms with Crippen molar-refractivity contribution in [3.8, 4) is 0 Å². The first-order valence-electron chi connectivity index (χ1n) is 12.8. The third kappa shape index (κ3) is 4.76. The SMILES string of the molecule is Cc1cc(C)c(/C=C/c2onc(C)c2S(=O)(=O)N2CCC(C(=O)N3CCc4ccccc43)CC2)c(C)c1. The van der Waals surface area contributed by atoms with Crippen molar-refractivity contribution >= 4 is 33.8 Å². The fourth-order valence-corrected chi connectivity index (χ4v) is 7.39. The molecule has 0 bridgehead atoms. The van der Waals surface area contributed by atoms with Gasteiger partial charge in [0.05, 0.1) is 0 Å². The molecule has 0 N–H and O–H groups in total. The quantitative estimate of drug-likeness (QED) is 0.470. The molecule has 0 unspecified atom stereocenters. The van der Waals surface area contributed by atoms with Crippen LogP contribution in [0.1, 0.15) is 52.1 Å². The summed E-state index contributed by atoms with van der Waals surface area (Å²) in [7, 11) is -3.83. The van der Waals surface area contributed by atoms with Gasteiger partial charge in [-0.1, -0.05) is 47.1 Å². The number of hydrogen-bond acceptors (Lipinski definition) is 5. The number of rotatable bonds is 5. The minimum absolute atomic E-state index is 0.0932. The highest BCUT2D eigenvalue weighted by atomic mass is 32.2. The summed E-state index contributed by atoms with van der Waals surface area (Å²) in [6.45, 7) is 9.04.